The zero-order valence-corrected chi connectivity index (χ0v) is 12.7. The number of imidazole rings is 1. The van der Waals surface area contributed by atoms with Gasteiger partial charge < -0.3 is 4.98 Å². The predicted octanol–water partition coefficient (Wildman–Crippen LogP) is 5.01. The molecule has 3 rings (SSSR count). The first-order chi connectivity index (χ1) is 10.4. The quantitative estimate of drug-likeness (QED) is 0.618. The highest BCUT2D eigenvalue weighted by atomic mass is 14.9. The fraction of sp³-hybridized carbons (Fsp3) is 0.444. The maximum atomic E-state index is 4.76. The second kappa shape index (κ2) is 6.70. The number of aromatic nitrogens is 3. The number of pyridine rings is 1. The van der Waals surface area contributed by atoms with Crippen LogP contribution < -0.4 is 0 Å². The maximum absolute atomic E-state index is 4.76. The largest absolute Gasteiger partial charge is 0.342 e. The summed E-state index contributed by atoms with van der Waals surface area (Å²) in [5, 5.41) is 1.16. The highest BCUT2D eigenvalue weighted by molar-refractivity contribution is 6.01. The van der Waals surface area contributed by atoms with E-state index in [1.807, 2.05) is 12.3 Å². The van der Waals surface area contributed by atoms with E-state index in [2.05, 4.69) is 35.1 Å². The van der Waals surface area contributed by atoms with Gasteiger partial charge in [0, 0.05) is 18.0 Å². The molecule has 0 spiro atoms. The molecule has 0 fully saturated rings. The van der Waals surface area contributed by atoms with Crippen LogP contribution in [0.15, 0.2) is 30.5 Å². The zero-order valence-electron chi connectivity index (χ0n) is 12.7. The van der Waals surface area contributed by atoms with Crippen molar-refractivity contribution in [3.05, 3.63) is 36.3 Å². The van der Waals surface area contributed by atoms with Gasteiger partial charge in [0.1, 0.15) is 11.3 Å². The van der Waals surface area contributed by atoms with E-state index in [-0.39, 0.29) is 0 Å². The van der Waals surface area contributed by atoms with Crippen LogP contribution in [0.4, 0.5) is 0 Å². The molecule has 0 saturated heterocycles. The van der Waals surface area contributed by atoms with Gasteiger partial charge in [-0.05, 0) is 18.6 Å². The van der Waals surface area contributed by atoms with Gasteiger partial charge in [-0.2, -0.15) is 0 Å². The van der Waals surface area contributed by atoms with Gasteiger partial charge in [-0.1, -0.05) is 51.2 Å². The molecule has 3 aromatic rings. The summed E-state index contributed by atoms with van der Waals surface area (Å²) in [4.78, 5) is 12.7. The molecule has 2 aromatic heterocycles. The minimum absolute atomic E-state index is 1.00. The minimum Gasteiger partial charge on any atom is -0.342 e. The predicted molar refractivity (Wildman–Crippen MR) is 88.5 cm³/mol. The van der Waals surface area contributed by atoms with Gasteiger partial charge in [-0.25, -0.2) is 4.98 Å². The first-order valence-electron chi connectivity index (χ1n) is 8.11. The van der Waals surface area contributed by atoms with Crippen LogP contribution in [0.2, 0.25) is 0 Å². The van der Waals surface area contributed by atoms with E-state index >= 15 is 0 Å². The number of rotatable bonds is 7. The van der Waals surface area contributed by atoms with Crippen LogP contribution in [0.25, 0.3) is 21.9 Å². The number of nitrogens with zero attached hydrogens (tertiary/aromatic N) is 2. The Bertz CT molecular complexity index is 715. The lowest BCUT2D eigenvalue weighted by molar-refractivity contribution is 0.602. The third kappa shape index (κ3) is 3.23. The van der Waals surface area contributed by atoms with Crippen LogP contribution in [-0.4, -0.2) is 15.0 Å². The Morgan fingerprint density at radius 3 is 2.71 bits per heavy atom. The standard InChI is InChI=1S/C18H23N3/c1-2-3-4-5-6-7-10-16-20-15-12-11-14-9-8-13-19-17(14)18(15)21-16/h8-9,11-13H,2-7,10H2,1H3,(H,20,21). The molecule has 3 heteroatoms. The lowest BCUT2D eigenvalue weighted by atomic mass is 10.1. The molecule has 3 nitrogen and oxygen atoms in total. The summed E-state index contributed by atoms with van der Waals surface area (Å²) in [6.07, 6.45) is 10.8. The van der Waals surface area contributed by atoms with E-state index < -0.39 is 0 Å². The van der Waals surface area contributed by atoms with Gasteiger partial charge >= 0.3 is 0 Å². The number of fused-ring (bicyclic) bond motifs is 3. The monoisotopic (exact) mass is 281 g/mol. The SMILES string of the molecule is CCCCCCCCc1nc2c(ccc3cccnc32)[nH]1. The number of nitrogens with one attached hydrogen (secondary N) is 1. The van der Waals surface area contributed by atoms with E-state index in [0.29, 0.717) is 0 Å². The van der Waals surface area contributed by atoms with Crippen LogP contribution >= 0.6 is 0 Å². The molecule has 0 bridgehead atoms. The minimum atomic E-state index is 1.00. The summed E-state index contributed by atoms with van der Waals surface area (Å²) < 4.78 is 0. The number of hydrogen-bond acceptors (Lipinski definition) is 2. The first kappa shape index (κ1) is 14.1. The van der Waals surface area contributed by atoms with Crippen molar-refractivity contribution in [2.45, 2.75) is 51.9 Å². The van der Waals surface area contributed by atoms with Gasteiger partial charge in [-0.3, -0.25) is 4.98 Å². The van der Waals surface area contributed by atoms with Crippen molar-refractivity contribution in [3.8, 4) is 0 Å². The molecule has 0 aliphatic rings. The van der Waals surface area contributed by atoms with Gasteiger partial charge in [0.25, 0.3) is 0 Å². The lowest BCUT2D eigenvalue weighted by Crippen LogP contribution is -1.88. The molecule has 0 aliphatic heterocycles. The molecule has 0 amide bonds. The summed E-state index contributed by atoms with van der Waals surface area (Å²) in [6.45, 7) is 2.26. The number of unbranched alkanes of at least 4 members (excludes halogenated alkanes) is 5. The zero-order chi connectivity index (χ0) is 14.5. The van der Waals surface area contributed by atoms with E-state index in [4.69, 9.17) is 4.98 Å². The molecule has 1 N–H and O–H groups in total. The Morgan fingerprint density at radius 2 is 1.81 bits per heavy atom. The average molecular weight is 281 g/mol. The highest BCUT2D eigenvalue weighted by Crippen LogP contribution is 2.22. The van der Waals surface area contributed by atoms with E-state index in [9.17, 15) is 0 Å². The highest BCUT2D eigenvalue weighted by Gasteiger charge is 2.07. The Morgan fingerprint density at radius 1 is 0.952 bits per heavy atom. The molecule has 0 aliphatic carbocycles. The number of benzene rings is 1. The Kier molecular flexibility index (Phi) is 4.49. The first-order valence-corrected chi connectivity index (χ1v) is 8.11. The third-order valence-electron chi connectivity index (χ3n) is 4.04. The second-order valence-electron chi connectivity index (χ2n) is 5.74. The maximum Gasteiger partial charge on any atom is 0.115 e. The van der Waals surface area contributed by atoms with Crippen molar-refractivity contribution in [3.63, 3.8) is 0 Å². The van der Waals surface area contributed by atoms with Crippen molar-refractivity contribution in [2.24, 2.45) is 0 Å². The summed E-state index contributed by atoms with van der Waals surface area (Å²) in [7, 11) is 0. The molecular weight excluding hydrogens is 258 g/mol. The Labute approximate surface area is 125 Å². The van der Waals surface area contributed by atoms with E-state index in [1.165, 1.54) is 38.5 Å². The van der Waals surface area contributed by atoms with Crippen molar-refractivity contribution < 1.29 is 0 Å². The van der Waals surface area contributed by atoms with Crippen LogP contribution in [0.1, 0.15) is 51.3 Å². The summed E-state index contributed by atoms with van der Waals surface area (Å²) in [5.41, 5.74) is 3.11. The van der Waals surface area contributed by atoms with E-state index in [0.717, 1.165) is 34.2 Å². The molecule has 0 atom stereocenters. The molecule has 0 saturated carbocycles. The third-order valence-corrected chi connectivity index (χ3v) is 4.04. The van der Waals surface area contributed by atoms with Crippen LogP contribution in [0.5, 0.6) is 0 Å². The van der Waals surface area contributed by atoms with Crippen LogP contribution in [0, 0.1) is 0 Å². The Balaban J connectivity index is 1.68. The molecular formula is C18H23N3. The molecule has 0 radical (unpaired) electrons. The van der Waals surface area contributed by atoms with Gasteiger partial charge in [0.05, 0.1) is 11.0 Å². The molecule has 2 heterocycles. The summed E-state index contributed by atoms with van der Waals surface area (Å²) in [5.74, 6) is 1.10. The van der Waals surface area contributed by atoms with Gasteiger partial charge in [0.2, 0.25) is 0 Å². The number of H-pyrrole nitrogens is 1. The smallest absolute Gasteiger partial charge is 0.115 e. The normalized spacial score (nSPS) is 11.5. The fourth-order valence-corrected chi connectivity index (χ4v) is 2.85. The van der Waals surface area contributed by atoms with E-state index in [1.54, 1.807) is 0 Å². The molecule has 110 valence electrons. The lowest BCUT2D eigenvalue weighted by Gasteiger charge is -1.98. The van der Waals surface area contributed by atoms with Crippen LogP contribution in [0.3, 0.4) is 0 Å². The van der Waals surface area contributed by atoms with Crippen molar-refractivity contribution in [2.75, 3.05) is 0 Å². The van der Waals surface area contributed by atoms with Gasteiger partial charge in [0.15, 0.2) is 0 Å². The molecule has 21 heavy (non-hydrogen) atoms. The van der Waals surface area contributed by atoms with Gasteiger partial charge in [-0.15, -0.1) is 0 Å². The fourth-order valence-electron chi connectivity index (χ4n) is 2.85. The van der Waals surface area contributed by atoms with Crippen molar-refractivity contribution in [1.82, 2.24) is 15.0 Å². The van der Waals surface area contributed by atoms with Crippen LogP contribution in [-0.2, 0) is 6.42 Å². The number of aryl methyl sites for hydroxylation is 1. The number of hydrogen-bond donors (Lipinski definition) is 1. The average Bonchev–Trinajstić information content (AvgIpc) is 2.94. The van der Waals surface area contributed by atoms with Crippen molar-refractivity contribution >= 4 is 21.9 Å². The summed E-state index contributed by atoms with van der Waals surface area (Å²) in [6, 6.07) is 8.27. The second-order valence-corrected chi connectivity index (χ2v) is 5.74. The topological polar surface area (TPSA) is 41.6 Å². The summed E-state index contributed by atoms with van der Waals surface area (Å²) >= 11 is 0. The molecule has 1 aromatic carbocycles. The Hall–Kier alpha value is -1.90. The van der Waals surface area contributed by atoms with Crippen molar-refractivity contribution in [1.29, 1.82) is 0 Å². The number of aromatic amines is 1. The molecule has 0 unspecified atom stereocenters.